The first kappa shape index (κ1) is 11.5. The second kappa shape index (κ2) is 5.37. The van der Waals surface area contributed by atoms with Crippen LogP contribution >= 0.6 is 11.3 Å². The molecule has 0 saturated carbocycles. The van der Waals surface area contributed by atoms with Gasteiger partial charge in [-0.3, -0.25) is 4.21 Å². The van der Waals surface area contributed by atoms with E-state index in [2.05, 4.69) is 0 Å². The number of aryl methyl sites for hydroxylation is 1. The Kier molecular flexibility index (Phi) is 3.85. The lowest BCUT2D eigenvalue weighted by molar-refractivity contribution is 0.622. The van der Waals surface area contributed by atoms with E-state index < -0.39 is 10.8 Å². The third-order valence-electron chi connectivity index (χ3n) is 2.17. The van der Waals surface area contributed by atoms with E-state index in [0.717, 1.165) is 6.42 Å². The van der Waals surface area contributed by atoms with Crippen LogP contribution < -0.4 is 0 Å². The second-order valence-electron chi connectivity index (χ2n) is 3.34. The van der Waals surface area contributed by atoms with Gasteiger partial charge in [0.2, 0.25) is 0 Å². The fourth-order valence-corrected chi connectivity index (χ4v) is 3.33. The Morgan fingerprint density at radius 3 is 2.81 bits per heavy atom. The maximum atomic E-state index is 12.9. The Hall–Kier alpha value is -1.00. The zero-order chi connectivity index (χ0) is 11.4. The Bertz CT molecular complexity index is 480. The van der Waals surface area contributed by atoms with Crippen molar-refractivity contribution in [3.63, 3.8) is 0 Å². The van der Waals surface area contributed by atoms with Crippen molar-refractivity contribution in [3.05, 3.63) is 52.5 Å². The average molecular weight is 254 g/mol. The monoisotopic (exact) mass is 254 g/mol. The van der Waals surface area contributed by atoms with Crippen LogP contribution in [-0.2, 0) is 17.2 Å². The van der Waals surface area contributed by atoms with Crippen LogP contribution in [0.25, 0.3) is 0 Å². The Morgan fingerprint density at radius 1 is 1.25 bits per heavy atom. The maximum Gasteiger partial charge on any atom is 0.124 e. The molecule has 1 nitrogen and oxygen atoms in total. The normalized spacial score (nSPS) is 12.6. The van der Waals surface area contributed by atoms with Gasteiger partial charge in [-0.05, 0) is 36.1 Å². The molecule has 0 spiro atoms. The number of hydrogen-bond acceptors (Lipinski definition) is 2. The molecule has 0 bridgehead atoms. The molecule has 4 heteroatoms. The summed E-state index contributed by atoms with van der Waals surface area (Å²) < 4.78 is 24.7. The molecule has 0 aliphatic heterocycles. The molecule has 0 saturated heterocycles. The van der Waals surface area contributed by atoms with Gasteiger partial charge >= 0.3 is 0 Å². The summed E-state index contributed by atoms with van der Waals surface area (Å²) in [6.45, 7) is 0. The van der Waals surface area contributed by atoms with E-state index in [9.17, 15) is 8.60 Å². The highest BCUT2D eigenvalue weighted by Gasteiger charge is 2.05. The molecular formula is C12H11FOS2. The largest absolute Gasteiger partial charge is 0.254 e. The molecule has 0 N–H and O–H groups in total. The van der Waals surface area contributed by atoms with Gasteiger partial charge in [0.05, 0.1) is 10.8 Å². The predicted molar refractivity (Wildman–Crippen MR) is 65.7 cm³/mol. The van der Waals surface area contributed by atoms with E-state index in [0.29, 0.717) is 10.6 Å². The molecule has 2 aromatic rings. The average Bonchev–Trinajstić information content (AvgIpc) is 2.78. The Labute approximate surface area is 100 Å². The van der Waals surface area contributed by atoms with E-state index in [1.807, 2.05) is 17.5 Å². The summed E-state index contributed by atoms with van der Waals surface area (Å²) in [5.41, 5.74) is 0. The SMILES string of the molecule is O=S(CCc1cccs1)c1cccc(F)c1. The first-order chi connectivity index (χ1) is 7.75. The number of benzene rings is 1. The summed E-state index contributed by atoms with van der Waals surface area (Å²) >= 11 is 1.65. The molecule has 2 rings (SSSR count). The van der Waals surface area contributed by atoms with Crippen molar-refractivity contribution in [1.82, 2.24) is 0 Å². The maximum absolute atomic E-state index is 12.9. The summed E-state index contributed by atoms with van der Waals surface area (Å²) in [5.74, 6) is 0.214. The van der Waals surface area contributed by atoms with Crippen molar-refractivity contribution in [1.29, 1.82) is 0 Å². The van der Waals surface area contributed by atoms with Crippen LogP contribution in [0.15, 0.2) is 46.7 Å². The minimum Gasteiger partial charge on any atom is -0.254 e. The standard InChI is InChI=1S/C12H11FOS2/c13-10-3-1-5-12(9-10)16(14)8-6-11-4-2-7-15-11/h1-5,7,9H,6,8H2. The van der Waals surface area contributed by atoms with Crippen molar-refractivity contribution >= 4 is 22.1 Å². The summed E-state index contributed by atoms with van der Waals surface area (Å²) in [6, 6.07) is 9.99. The lowest BCUT2D eigenvalue weighted by Crippen LogP contribution is -2.00. The number of rotatable bonds is 4. The van der Waals surface area contributed by atoms with Gasteiger partial charge in [0.25, 0.3) is 0 Å². The summed E-state index contributed by atoms with van der Waals surface area (Å²) in [4.78, 5) is 1.78. The van der Waals surface area contributed by atoms with Crippen molar-refractivity contribution in [2.24, 2.45) is 0 Å². The Morgan fingerprint density at radius 2 is 2.12 bits per heavy atom. The van der Waals surface area contributed by atoms with E-state index >= 15 is 0 Å². The Balaban J connectivity index is 1.98. The minimum absolute atomic E-state index is 0.332. The first-order valence-electron chi connectivity index (χ1n) is 4.92. The molecule has 0 fully saturated rings. The van der Waals surface area contributed by atoms with Crippen LogP contribution in [0, 0.1) is 5.82 Å². The molecule has 1 atom stereocenters. The van der Waals surface area contributed by atoms with Gasteiger partial charge in [-0.25, -0.2) is 4.39 Å². The molecule has 1 aromatic heterocycles. The molecule has 0 amide bonds. The molecule has 0 aliphatic carbocycles. The highest BCUT2D eigenvalue weighted by atomic mass is 32.2. The first-order valence-corrected chi connectivity index (χ1v) is 7.12. The smallest absolute Gasteiger partial charge is 0.124 e. The number of halogens is 1. The second-order valence-corrected chi connectivity index (χ2v) is 5.94. The minimum atomic E-state index is -1.11. The lowest BCUT2D eigenvalue weighted by atomic mass is 10.3. The quantitative estimate of drug-likeness (QED) is 0.818. The van der Waals surface area contributed by atoms with E-state index in [4.69, 9.17) is 0 Å². The highest BCUT2D eigenvalue weighted by molar-refractivity contribution is 7.85. The van der Waals surface area contributed by atoms with Crippen molar-refractivity contribution in [2.75, 3.05) is 5.75 Å². The van der Waals surface area contributed by atoms with Crippen molar-refractivity contribution in [3.8, 4) is 0 Å². The number of thiophene rings is 1. The van der Waals surface area contributed by atoms with Crippen LogP contribution in [-0.4, -0.2) is 9.96 Å². The fourth-order valence-electron chi connectivity index (χ4n) is 1.37. The van der Waals surface area contributed by atoms with Gasteiger partial charge in [0, 0.05) is 15.5 Å². The van der Waals surface area contributed by atoms with E-state index in [-0.39, 0.29) is 5.82 Å². The van der Waals surface area contributed by atoms with E-state index in [1.165, 1.54) is 17.0 Å². The van der Waals surface area contributed by atoms with Gasteiger partial charge in [-0.2, -0.15) is 0 Å². The predicted octanol–water partition coefficient (Wildman–Crippen LogP) is 3.24. The lowest BCUT2D eigenvalue weighted by Gasteiger charge is -2.01. The molecule has 0 aliphatic rings. The molecule has 1 aromatic carbocycles. The van der Waals surface area contributed by atoms with Gasteiger partial charge in [-0.15, -0.1) is 11.3 Å². The summed E-state index contributed by atoms with van der Waals surface area (Å²) in [7, 11) is -1.11. The van der Waals surface area contributed by atoms with Gasteiger partial charge in [0.1, 0.15) is 5.82 Å². The topological polar surface area (TPSA) is 17.1 Å². The van der Waals surface area contributed by atoms with Gasteiger partial charge in [-0.1, -0.05) is 12.1 Å². The molecule has 1 heterocycles. The third-order valence-corrected chi connectivity index (χ3v) is 4.46. The van der Waals surface area contributed by atoms with Gasteiger partial charge < -0.3 is 0 Å². The molecular weight excluding hydrogens is 243 g/mol. The van der Waals surface area contributed by atoms with Crippen LogP contribution in [0.3, 0.4) is 0 Å². The van der Waals surface area contributed by atoms with Crippen molar-refractivity contribution < 1.29 is 8.60 Å². The van der Waals surface area contributed by atoms with Crippen molar-refractivity contribution in [2.45, 2.75) is 11.3 Å². The van der Waals surface area contributed by atoms with Gasteiger partial charge in [0.15, 0.2) is 0 Å². The zero-order valence-corrected chi connectivity index (χ0v) is 10.2. The van der Waals surface area contributed by atoms with Crippen LogP contribution in [0.1, 0.15) is 4.88 Å². The molecule has 84 valence electrons. The third kappa shape index (κ3) is 3.00. The van der Waals surface area contributed by atoms with Crippen LogP contribution in [0.5, 0.6) is 0 Å². The van der Waals surface area contributed by atoms with Crippen LogP contribution in [0.4, 0.5) is 4.39 Å². The summed E-state index contributed by atoms with van der Waals surface area (Å²) in [6.07, 6.45) is 0.779. The highest BCUT2D eigenvalue weighted by Crippen LogP contribution is 2.13. The molecule has 0 radical (unpaired) electrons. The fraction of sp³-hybridized carbons (Fsp3) is 0.167. The van der Waals surface area contributed by atoms with E-state index in [1.54, 1.807) is 23.5 Å². The zero-order valence-electron chi connectivity index (χ0n) is 8.56. The molecule has 16 heavy (non-hydrogen) atoms. The van der Waals surface area contributed by atoms with Crippen LogP contribution in [0.2, 0.25) is 0 Å². The number of hydrogen-bond donors (Lipinski definition) is 0. The summed E-state index contributed by atoms with van der Waals surface area (Å²) in [5, 5.41) is 2.00. The molecule has 1 unspecified atom stereocenters.